The molecule has 21 heavy (non-hydrogen) atoms. The number of nitrogens with two attached hydrogens (primary N) is 1. The van der Waals surface area contributed by atoms with Crippen LogP contribution in [0.2, 0.25) is 0 Å². The molecule has 1 aliphatic rings. The maximum atomic E-state index is 6.11. The van der Waals surface area contributed by atoms with Crippen molar-refractivity contribution in [3.05, 3.63) is 33.8 Å². The number of rotatable bonds is 5. The first-order chi connectivity index (χ1) is 10.2. The van der Waals surface area contributed by atoms with Crippen LogP contribution in [0.4, 0.5) is 0 Å². The van der Waals surface area contributed by atoms with Crippen molar-refractivity contribution in [3.8, 4) is 0 Å². The van der Waals surface area contributed by atoms with Gasteiger partial charge in [-0.1, -0.05) is 47.8 Å². The van der Waals surface area contributed by atoms with Gasteiger partial charge >= 0.3 is 0 Å². The Labute approximate surface area is 138 Å². The molecular formula is C18H29BrN2. The molecule has 1 heterocycles. The van der Waals surface area contributed by atoms with Gasteiger partial charge in [-0.25, -0.2) is 0 Å². The SMILES string of the molecule is CCCC1CCCN(C(CN)c2ccc(C)c(Br)c2)CC1. The van der Waals surface area contributed by atoms with Gasteiger partial charge in [-0.05, 0) is 62.4 Å². The van der Waals surface area contributed by atoms with Crippen molar-refractivity contribution < 1.29 is 0 Å². The topological polar surface area (TPSA) is 29.3 Å². The summed E-state index contributed by atoms with van der Waals surface area (Å²) in [6.07, 6.45) is 6.73. The fraction of sp³-hybridized carbons (Fsp3) is 0.667. The average molecular weight is 353 g/mol. The summed E-state index contributed by atoms with van der Waals surface area (Å²) in [6.45, 7) is 7.52. The third-order valence-electron chi connectivity index (χ3n) is 4.82. The molecule has 2 N–H and O–H groups in total. The molecular weight excluding hydrogens is 324 g/mol. The fourth-order valence-electron chi connectivity index (χ4n) is 3.51. The predicted octanol–water partition coefficient (Wildman–Crippen LogP) is 4.66. The number of nitrogens with zero attached hydrogens (tertiary/aromatic N) is 1. The third kappa shape index (κ3) is 4.54. The van der Waals surface area contributed by atoms with Crippen LogP contribution in [0.5, 0.6) is 0 Å². The van der Waals surface area contributed by atoms with E-state index in [0.29, 0.717) is 12.6 Å². The number of hydrogen-bond acceptors (Lipinski definition) is 2. The highest BCUT2D eigenvalue weighted by molar-refractivity contribution is 9.10. The molecule has 0 bridgehead atoms. The molecule has 1 saturated heterocycles. The normalized spacial score (nSPS) is 22.0. The van der Waals surface area contributed by atoms with Gasteiger partial charge in [-0.2, -0.15) is 0 Å². The Morgan fingerprint density at radius 3 is 2.81 bits per heavy atom. The summed E-state index contributed by atoms with van der Waals surface area (Å²) in [5, 5.41) is 0. The van der Waals surface area contributed by atoms with Gasteiger partial charge in [0, 0.05) is 17.1 Å². The van der Waals surface area contributed by atoms with Crippen LogP contribution >= 0.6 is 15.9 Å². The molecule has 2 unspecified atom stereocenters. The Kier molecular flexibility index (Phi) is 6.72. The first kappa shape index (κ1) is 17.0. The molecule has 3 heteroatoms. The summed E-state index contributed by atoms with van der Waals surface area (Å²) in [5.41, 5.74) is 8.75. The molecule has 1 aromatic carbocycles. The summed E-state index contributed by atoms with van der Waals surface area (Å²) in [7, 11) is 0. The van der Waals surface area contributed by atoms with Crippen LogP contribution in [0.15, 0.2) is 22.7 Å². The van der Waals surface area contributed by atoms with Crippen LogP contribution < -0.4 is 5.73 Å². The van der Waals surface area contributed by atoms with E-state index in [0.717, 1.165) is 5.92 Å². The van der Waals surface area contributed by atoms with E-state index in [-0.39, 0.29) is 0 Å². The molecule has 1 fully saturated rings. The predicted molar refractivity (Wildman–Crippen MR) is 94.5 cm³/mol. The minimum absolute atomic E-state index is 0.363. The first-order valence-corrected chi connectivity index (χ1v) is 9.15. The number of likely N-dealkylation sites (tertiary alicyclic amines) is 1. The van der Waals surface area contributed by atoms with Crippen molar-refractivity contribution in [2.24, 2.45) is 11.7 Å². The second-order valence-electron chi connectivity index (χ2n) is 6.38. The van der Waals surface area contributed by atoms with E-state index < -0.39 is 0 Å². The van der Waals surface area contributed by atoms with E-state index in [4.69, 9.17) is 5.73 Å². The Balaban J connectivity index is 2.08. The molecule has 2 atom stereocenters. The quantitative estimate of drug-likeness (QED) is 0.834. The van der Waals surface area contributed by atoms with Gasteiger partial charge in [0.25, 0.3) is 0 Å². The lowest BCUT2D eigenvalue weighted by molar-refractivity contribution is 0.206. The monoisotopic (exact) mass is 352 g/mol. The zero-order valence-electron chi connectivity index (χ0n) is 13.4. The maximum Gasteiger partial charge on any atom is 0.0470 e. The number of hydrogen-bond donors (Lipinski definition) is 1. The van der Waals surface area contributed by atoms with Crippen LogP contribution in [0.25, 0.3) is 0 Å². The Hall–Kier alpha value is -0.380. The van der Waals surface area contributed by atoms with Crippen LogP contribution in [-0.2, 0) is 0 Å². The van der Waals surface area contributed by atoms with Gasteiger partial charge < -0.3 is 5.73 Å². The second-order valence-corrected chi connectivity index (χ2v) is 7.24. The highest BCUT2D eigenvalue weighted by atomic mass is 79.9. The Morgan fingerprint density at radius 2 is 2.14 bits per heavy atom. The summed E-state index contributed by atoms with van der Waals surface area (Å²) in [5.74, 6) is 0.920. The molecule has 0 spiro atoms. The molecule has 2 nitrogen and oxygen atoms in total. The fourth-order valence-corrected chi connectivity index (χ4v) is 3.91. The van der Waals surface area contributed by atoms with Crippen LogP contribution in [0, 0.1) is 12.8 Å². The van der Waals surface area contributed by atoms with E-state index in [9.17, 15) is 0 Å². The lowest BCUT2D eigenvalue weighted by atomic mass is 9.96. The van der Waals surface area contributed by atoms with Crippen molar-refractivity contribution >= 4 is 15.9 Å². The molecule has 1 aromatic rings. The van der Waals surface area contributed by atoms with E-state index in [1.54, 1.807) is 0 Å². The summed E-state index contributed by atoms with van der Waals surface area (Å²) in [6, 6.07) is 7.05. The molecule has 0 saturated carbocycles. The van der Waals surface area contributed by atoms with Gasteiger partial charge in [0.1, 0.15) is 0 Å². The van der Waals surface area contributed by atoms with E-state index in [2.05, 4.69) is 52.9 Å². The standard InChI is InChI=1S/C18H29BrN2/c1-3-5-15-6-4-10-21(11-9-15)18(13-20)16-8-7-14(2)17(19)12-16/h7-8,12,15,18H,3-6,9-11,13,20H2,1-2H3. The molecule has 0 radical (unpaired) electrons. The van der Waals surface area contributed by atoms with Crippen molar-refractivity contribution in [1.82, 2.24) is 4.90 Å². The molecule has 2 rings (SSSR count). The number of aryl methyl sites for hydroxylation is 1. The lowest BCUT2D eigenvalue weighted by Crippen LogP contribution is -2.34. The molecule has 0 amide bonds. The van der Waals surface area contributed by atoms with E-state index >= 15 is 0 Å². The first-order valence-electron chi connectivity index (χ1n) is 8.35. The smallest absolute Gasteiger partial charge is 0.0470 e. The maximum absolute atomic E-state index is 6.11. The van der Waals surface area contributed by atoms with Crippen LogP contribution in [0.1, 0.15) is 56.2 Å². The van der Waals surface area contributed by atoms with Crippen molar-refractivity contribution in [2.75, 3.05) is 19.6 Å². The van der Waals surface area contributed by atoms with Gasteiger partial charge in [-0.3, -0.25) is 4.90 Å². The van der Waals surface area contributed by atoms with E-state index in [1.807, 2.05) is 0 Å². The Morgan fingerprint density at radius 1 is 1.33 bits per heavy atom. The largest absolute Gasteiger partial charge is 0.329 e. The highest BCUT2D eigenvalue weighted by Gasteiger charge is 2.23. The van der Waals surface area contributed by atoms with Crippen molar-refractivity contribution in [1.29, 1.82) is 0 Å². The minimum atomic E-state index is 0.363. The van der Waals surface area contributed by atoms with Crippen LogP contribution in [-0.4, -0.2) is 24.5 Å². The average Bonchev–Trinajstić information content (AvgIpc) is 2.70. The van der Waals surface area contributed by atoms with Crippen molar-refractivity contribution in [3.63, 3.8) is 0 Å². The Bertz CT molecular complexity index is 447. The highest BCUT2D eigenvalue weighted by Crippen LogP contribution is 2.29. The summed E-state index contributed by atoms with van der Waals surface area (Å²) in [4.78, 5) is 2.60. The van der Waals surface area contributed by atoms with Gasteiger partial charge in [0.2, 0.25) is 0 Å². The van der Waals surface area contributed by atoms with Gasteiger partial charge in [0.15, 0.2) is 0 Å². The van der Waals surface area contributed by atoms with Gasteiger partial charge in [0.05, 0.1) is 0 Å². The minimum Gasteiger partial charge on any atom is -0.329 e. The zero-order valence-corrected chi connectivity index (χ0v) is 15.0. The zero-order chi connectivity index (χ0) is 15.2. The van der Waals surface area contributed by atoms with Crippen molar-refractivity contribution in [2.45, 2.75) is 52.0 Å². The second kappa shape index (κ2) is 8.30. The summed E-state index contributed by atoms with van der Waals surface area (Å²) < 4.78 is 1.19. The molecule has 0 aliphatic carbocycles. The molecule has 0 aromatic heterocycles. The third-order valence-corrected chi connectivity index (χ3v) is 5.68. The van der Waals surface area contributed by atoms with Gasteiger partial charge in [-0.15, -0.1) is 0 Å². The number of halogens is 1. The van der Waals surface area contributed by atoms with E-state index in [1.165, 1.54) is 60.8 Å². The lowest BCUT2D eigenvalue weighted by Gasteiger charge is -2.30. The molecule has 1 aliphatic heterocycles. The summed E-state index contributed by atoms with van der Waals surface area (Å²) >= 11 is 3.65. The van der Waals surface area contributed by atoms with Crippen LogP contribution in [0.3, 0.4) is 0 Å². The number of benzene rings is 1. The molecule has 118 valence electrons.